The minimum absolute atomic E-state index is 0.129. The van der Waals surface area contributed by atoms with Gasteiger partial charge in [0.15, 0.2) is 0 Å². The van der Waals surface area contributed by atoms with Crippen LogP contribution in [0.2, 0.25) is 0 Å². The second-order valence-corrected chi connectivity index (χ2v) is 5.32. The summed E-state index contributed by atoms with van der Waals surface area (Å²) in [5.74, 6) is -1.43. The van der Waals surface area contributed by atoms with Crippen LogP contribution in [0.25, 0.3) is 5.69 Å². The Hall–Kier alpha value is -2.70. The van der Waals surface area contributed by atoms with Crippen LogP contribution in [-0.4, -0.2) is 50.0 Å². The Morgan fingerprint density at radius 1 is 1.23 bits per heavy atom. The molecule has 2 heterocycles. The van der Waals surface area contributed by atoms with Crippen LogP contribution in [-0.2, 0) is 4.79 Å². The van der Waals surface area contributed by atoms with Crippen LogP contribution in [0.15, 0.2) is 36.7 Å². The molecule has 1 aromatic heterocycles. The Labute approximate surface area is 127 Å². The average molecular weight is 300 g/mol. The zero-order valence-electron chi connectivity index (χ0n) is 11.9. The van der Waals surface area contributed by atoms with Gasteiger partial charge in [-0.2, -0.15) is 0 Å². The largest absolute Gasteiger partial charge is 0.481 e. The van der Waals surface area contributed by atoms with Crippen molar-refractivity contribution in [2.45, 2.75) is 12.8 Å². The Morgan fingerprint density at radius 3 is 2.64 bits per heavy atom. The van der Waals surface area contributed by atoms with Gasteiger partial charge in [0.05, 0.1) is 24.0 Å². The molecular formula is C15H16N4O3. The second kappa shape index (κ2) is 5.97. The van der Waals surface area contributed by atoms with E-state index in [9.17, 15) is 9.59 Å². The zero-order chi connectivity index (χ0) is 15.5. The van der Waals surface area contributed by atoms with Crippen LogP contribution in [0.4, 0.5) is 0 Å². The van der Waals surface area contributed by atoms with Crippen molar-refractivity contribution in [3.05, 3.63) is 42.2 Å². The molecule has 1 fully saturated rings. The first-order valence-corrected chi connectivity index (χ1v) is 7.14. The number of hydrogen-bond donors (Lipinski definition) is 1. The smallest absolute Gasteiger partial charge is 0.308 e. The summed E-state index contributed by atoms with van der Waals surface area (Å²) in [5, 5.41) is 16.7. The standard InChI is InChI=1S/C15H16N4O3/c20-14(18-8-1-2-12(10-18)15(21)22)11-3-5-13(6-4-11)19-9-7-16-17-19/h3-7,9,12H,1-2,8,10H2,(H,21,22). The van der Waals surface area contributed by atoms with Gasteiger partial charge in [-0.05, 0) is 37.1 Å². The van der Waals surface area contributed by atoms with E-state index in [1.54, 1.807) is 46.2 Å². The van der Waals surface area contributed by atoms with Gasteiger partial charge in [0.2, 0.25) is 0 Å². The molecule has 0 spiro atoms. The van der Waals surface area contributed by atoms with Crippen LogP contribution in [0, 0.1) is 5.92 Å². The zero-order valence-corrected chi connectivity index (χ0v) is 11.9. The fourth-order valence-corrected chi connectivity index (χ4v) is 2.65. The van der Waals surface area contributed by atoms with Crippen molar-refractivity contribution < 1.29 is 14.7 Å². The number of amides is 1. The number of aromatic nitrogens is 3. The summed E-state index contributed by atoms with van der Waals surface area (Å²) in [7, 11) is 0. The van der Waals surface area contributed by atoms with Gasteiger partial charge in [0, 0.05) is 18.7 Å². The van der Waals surface area contributed by atoms with E-state index in [1.165, 1.54) is 0 Å². The number of hydrogen-bond acceptors (Lipinski definition) is 4. The summed E-state index contributed by atoms with van der Waals surface area (Å²) in [4.78, 5) is 25.2. The summed E-state index contributed by atoms with van der Waals surface area (Å²) >= 11 is 0. The van der Waals surface area contributed by atoms with Gasteiger partial charge in [-0.3, -0.25) is 9.59 Å². The molecule has 114 valence electrons. The average Bonchev–Trinajstić information content (AvgIpc) is 3.09. The third-order valence-electron chi connectivity index (χ3n) is 3.86. The molecule has 1 N–H and O–H groups in total. The predicted molar refractivity (Wildman–Crippen MR) is 77.6 cm³/mol. The number of piperidine rings is 1. The van der Waals surface area contributed by atoms with Crippen LogP contribution in [0.5, 0.6) is 0 Å². The number of likely N-dealkylation sites (tertiary alicyclic amines) is 1. The molecular weight excluding hydrogens is 284 g/mol. The molecule has 1 aromatic carbocycles. The molecule has 1 aliphatic rings. The minimum Gasteiger partial charge on any atom is -0.481 e. The SMILES string of the molecule is O=C(O)C1CCCN(C(=O)c2ccc(-n3ccnn3)cc2)C1. The number of benzene rings is 1. The number of rotatable bonds is 3. The molecule has 0 bridgehead atoms. The normalized spacial score (nSPS) is 18.2. The Balaban J connectivity index is 1.73. The monoisotopic (exact) mass is 300 g/mol. The van der Waals surface area contributed by atoms with Crippen LogP contribution >= 0.6 is 0 Å². The lowest BCUT2D eigenvalue weighted by atomic mass is 9.97. The molecule has 7 heteroatoms. The lowest BCUT2D eigenvalue weighted by Gasteiger charge is -2.30. The first-order valence-electron chi connectivity index (χ1n) is 7.14. The molecule has 0 radical (unpaired) electrons. The molecule has 1 saturated heterocycles. The first kappa shape index (κ1) is 14.2. The highest BCUT2D eigenvalue weighted by Crippen LogP contribution is 2.19. The summed E-state index contributed by atoms with van der Waals surface area (Å²) in [6.45, 7) is 0.881. The highest BCUT2D eigenvalue weighted by molar-refractivity contribution is 5.94. The van der Waals surface area contributed by atoms with Crippen LogP contribution in [0.1, 0.15) is 23.2 Å². The second-order valence-electron chi connectivity index (χ2n) is 5.32. The van der Waals surface area contributed by atoms with E-state index in [1.807, 2.05) is 0 Å². The quantitative estimate of drug-likeness (QED) is 0.920. The summed E-state index contributed by atoms with van der Waals surface area (Å²) < 4.78 is 1.61. The van der Waals surface area contributed by atoms with Crippen LogP contribution < -0.4 is 0 Å². The third kappa shape index (κ3) is 2.83. The van der Waals surface area contributed by atoms with Gasteiger partial charge in [0.1, 0.15) is 0 Å². The Bertz CT molecular complexity index is 667. The Morgan fingerprint density at radius 2 is 2.00 bits per heavy atom. The molecule has 1 atom stereocenters. The fourth-order valence-electron chi connectivity index (χ4n) is 2.65. The lowest BCUT2D eigenvalue weighted by molar-refractivity contribution is -0.143. The van der Waals surface area contributed by atoms with E-state index in [-0.39, 0.29) is 12.5 Å². The maximum Gasteiger partial charge on any atom is 0.308 e. The van der Waals surface area contributed by atoms with Gasteiger partial charge in [0.25, 0.3) is 5.91 Å². The van der Waals surface area contributed by atoms with Gasteiger partial charge in [-0.15, -0.1) is 5.10 Å². The molecule has 3 rings (SSSR count). The van der Waals surface area contributed by atoms with Crippen molar-refractivity contribution in [1.29, 1.82) is 0 Å². The Kier molecular flexibility index (Phi) is 3.86. The van der Waals surface area contributed by atoms with E-state index in [4.69, 9.17) is 5.11 Å². The third-order valence-corrected chi connectivity index (χ3v) is 3.86. The van der Waals surface area contributed by atoms with Crippen molar-refractivity contribution >= 4 is 11.9 Å². The molecule has 2 aromatic rings. The van der Waals surface area contributed by atoms with E-state index < -0.39 is 11.9 Å². The van der Waals surface area contributed by atoms with E-state index >= 15 is 0 Å². The minimum atomic E-state index is -0.834. The highest BCUT2D eigenvalue weighted by Gasteiger charge is 2.28. The maximum atomic E-state index is 12.5. The lowest BCUT2D eigenvalue weighted by Crippen LogP contribution is -2.42. The number of aliphatic carboxylic acids is 1. The predicted octanol–water partition coefficient (Wildman–Crippen LogP) is 1.20. The van der Waals surface area contributed by atoms with Crippen molar-refractivity contribution in [2.24, 2.45) is 5.92 Å². The van der Waals surface area contributed by atoms with E-state index in [0.29, 0.717) is 18.5 Å². The molecule has 22 heavy (non-hydrogen) atoms. The van der Waals surface area contributed by atoms with Gasteiger partial charge >= 0.3 is 5.97 Å². The van der Waals surface area contributed by atoms with Crippen molar-refractivity contribution in [2.75, 3.05) is 13.1 Å². The number of carboxylic acids is 1. The molecule has 1 amide bonds. The molecule has 1 aliphatic heterocycles. The summed E-state index contributed by atoms with van der Waals surface area (Å²) in [6, 6.07) is 7.04. The molecule has 0 aliphatic carbocycles. The van der Waals surface area contributed by atoms with Crippen molar-refractivity contribution in [3.8, 4) is 5.69 Å². The van der Waals surface area contributed by atoms with Gasteiger partial charge in [-0.1, -0.05) is 5.21 Å². The topological polar surface area (TPSA) is 88.3 Å². The number of carbonyl (C=O) groups is 2. The van der Waals surface area contributed by atoms with E-state index in [2.05, 4.69) is 10.3 Å². The van der Waals surface area contributed by atoms with Gasteiger partial charge in [-0.25, -0.2) is 4.68 Å². The van der Waals surface area contributed by atoms with Gasteiger partial charge < -0.3 is 10.0 Å². The summed E-state index contributed by atoms with van der Waals surface area (Å²) in [5.41, 5.74) is 1.37. The molecule has 0 saturated carbocycles. The number of carbonyl (C=O) groups excluding carboxylic acids is 1. The van der Waals surface area contributed by atoms with Crippen LogP contribution in [0.3, 0.4) is 0 Å². The highest BCUT2D eigenvalue weighted by atomic mass is 16.4. The maximum absolute atomic E-state index is 12.5. The molecule has 7 nitrogen and oxygen atoms in total. The number of nitrogens with zero attached hydrogens (tertiary/aromatic N) is 4. The fraction of sp³-hybridized carbons (Fsp3) is 0.333. The molecule has 1 unspecified atom stereocenters. The number of carboxylic acid groups (broad SMARTS) is 1. The van der Waals surface area contributed by atoms with E-state index in [0.717, 1.165) is 12.1 Å². The van der Waals surface area contributed by atoms with Crippen molar-refractivity contribution in [3.63, 3.8) is 0 Å². The summed E-state index contributed by atoms with van der Waals surface area (Å²) in [6.07, 6.45) is 4.65. The van der Waals surface area contributed by atoms with Crippen molar-refractivity contribution in [1.82, 2.24) is 19.9 Å². The first-order chi connectivity index (χ1) is 10.6.